The summed E-state index contributed by atoms with van der Waals surface area (Å²) in [4.78, 5) is 14.3. The van der Waals surface area contributed by atoms with Crippen LogP contribution in [0.4, 0.5) is 10.7 Å². The molecule has 0 aliphatic rings. The Labute approximate surface area is 68.9 Å². The number of hydrogen-bond acceptors (Lipinski definition) is 5. The first-order valence-electron chi connectivity index (χ1n) is 3.40. The third-order valence-electron chi connectivity index (χ3n) is 0.996. The van der Waals surface area contributed by atoms with Crippen molar-refractivity contribution in [1.29, 1.82) is 0 Å². The molecule has 6 heteroatoms. The number of rotatable bonds is 3. The number of aromatic nitrogens is 1. The summed E-state index contributed by atoms with van der Waals surface area (Å²) >= 11 is 0. The fourth-order valence-corrected chi connectivity index (χ4v) is 0.557. The van der Waals surface area contributed by atoms with Crippen molar-refractivity contribution in [2.24, 2.45) is 0 Å². The van der Waals surface area contributed by atoms with Crippen LogP contribution in [0.15, 0.2) is 17.0 Å². The number of amides is 1. The van der Waals surface area contributed by atoms with Crippen LogP contribution in [0.3, 0.4) is 0 Å². The van der Waals surface area contributed by atoms with Gasteiger partial charge in [0.05, 0.1) is 12.8 Å². The summed E-state index contributed by atoms with van der Waals surface area (Å²) in [5, 5.41) is 0. The smallest absolute Gasteiger partial charge is 0.426 e. The van der Waals surface area contributed by atoms with Crippen LogP contribution in [0.2, 0.25) is 0 Å². The van der Waals surface area contributed by atoms with Crippen LogP contribution in [0.5, 0.6) is 0 Å². The van der Waals surface area contributed by atoms with Crippen LogP contribution in [0.25, 0.3) is 0 Å². The molecule has 0 fully saturated rings. The molecule has 0 atom stereocenters. The van der Waals surface area contributed by atoms with Gasteiger partial charge in [0.2, 0.25) is 5.88 Å². The molecular formula is C6H9N3O3. The summed E-state index contributed by atoms with van der Waals surface area (Å²) < 4.78 is 9.34. The Kier molecular flexibility index (Phi) is 2.95. The van der Waals surface area contributed by atoms with Crippen LogP contribution in [-0.2, 0) is 4.74 Å². The van der Waals surface area contributed by atoms with Crippen LogP contribution >= 0.6 is 0 Å². The van der Waals surface area contributed by atoms with Crippen molar-refractivity contribution in [2.75, 3.05) is 12.0 Å². The van der Waals surface area contributed by atoms with Crippen molar-refractivity contribution in [3.05, 3.63) is 12.6 Å². The molecular weight excluding hydrogens is 162 g/mol. The van der Waals surface area contributed by atoms with Gasteiger partial charge in [-0.15, -0.1) is 0 Å². The molecule has 1 aromatic heterocycles. The van der Waals surface area contributed by atoms with Gasteiger partial charge in [-0.05, 0) is 6.92 Å². The number of ether oxygens (including phenoxy) is 1. The largest absolute Gasteiger partial charge is 0.449 e. The van der Waals surface area contributed by atoms with E-state index in [9.17, 15) is 4.79 Å². The summed E-state index contributed by atoms with van der Waals surface area (Å²) in [6.45, 7) is 2.04. The van der Waals surface area contributed by atoms with Crippen molar-refractivity contribution in [3.63, 3.8) is 0 Å². The Balaban J connectivity index is 2.22. The summed E-state index contributed by atoms with van der Waals surface area (Å²) in [6.07, 6.45) is 2.11. The Morgan fingerprint density at radius 3 is 3.25 bits per heavy atom. The lowest BCUT2D eigenvalue weighted by molar-refractivity contribution is 0.154. The van der Waals surface area contributed by atoms with Crippen molar-refractivity contribution in [1.82, 2.24) is 10.4 Å². The van der Waals surface area contributed by atoms with Gasteiger partial charge in [-0.2, -0.15) is 0 Å². The second-order valence-corrected chi connectivity index (χ2v) is 1.84. The predicted octanol–water partition coefficient (Wildman–Crippen LogP) is 0.748. The topological polar surface area (TPSA) is 76.4 Å². The second kappa shape index (κ2) is 4.22. The quantitative estimate of drug-likeness (QED) is 0.656. The Morgan fingerprint density at radius 2 is 2.67 bits per heavy atom. The minimum atomic E-state index is -0.561. The average molecular weight is 171 g/mol. The van der Waals surface area contributed by atoms with E-state index in [1.54, 1.807) is 6.92 Å². The molecule has 6 nitrogen and oxygen atoms in total. The Hall–Kier alpha value is -1.72. The van der Waals surface area contributed by atoms with Gasteiger partial charge >= 0.3 is 6.09 Å². The molecule has 1 amide bonds. The molecule has 0 aliphatic carbocycles. The van der Waals surface area contributed by atoms with Gasteiger partial charge in [0.25, 0.3) is 0 Å². The number of hydrazine groups is 1. The Bertz CT molecular complexity index is 234. The molecule has 0 aromatic carbocycles. The van der Waals surface area contributed by atoms with Gasteiger partial charge in [0, 0.05) is 0 Å². The van der Waals surface area contributed by atoms with E-state index in [-0.39, 0.29) is 0 Å². The van der Waals surface area contributed by atoms with Gasteiger partial charge in [0.1, 0.15) is 0 Å². The SMILES string of the molecule is CCOC(=O)NNc1cnco1. The molecule has 1 rings (SSSR count). The number of carbonyl (C=O) groups excluding carboxylic acids is 1. The van der Waals surface area contributed by atoms with Crippen molar-refractivity contribution < 1.29 is 13.9 Å². The van der Waals surface area contributed by atoms with Crippen molar-refractivity contribution in [3.8, 4) is 0 Å². The summed E-state index contributed by atoms with van der Waals surface area (Å²) in [6, 6.07) is 0. The zero-order chi connectivity index (χ0) is 8.81. The standard InChI is InChI=1S/C6H9N3O3/c1-2-11-6(10)9-8-5-3-7-4-12-5/h3-4,8H,2H2,1H3,(H,9,10). The van der Waals surface area contributed by atoms with E-state index in [2.05, 4.69) is 20.6 Å². The van der Waals surface area contributed by atoms with E-state index < -0.39 is 6.09 Å². The molecule has 0 unspecified atom stereocenters. The highest BCUT2D eigenvalue weighted by molar-refractivity contribution is 5.68. The van der Waals surface area contributed by atoms with Gasteiger partial charge in [-0.25, -0.2) is 15.2 Å². The number of hydrogen-bond donors (Lipinski definition) is 2. The molecule has 2 N–H and O–H groups in total. The minimum Gasteiger partial charge on any atom is -0.449 e. The highest BCUT2D eigenvalue weighted by atomic mass is 16.6. The van der Waals surface area contributed by atoms with E-state index in [4.69, 9.17) is 4.42 Å². The number of nitrogens with zero attached hydrogens (tertiary/aromatic N) is 1. The maximum atomic E-state index is 10.7. The molecule has 0 saturated heterocycles. The van der Waals surface area contributed by atoms with Crippen molar-refractivity contribution >= 4 is 12.0 Å². The minimum absolute atomic E-state index is 0.323. The first kappa shape index (κ1) is 8.38. The van der Waals surface area contributed by atoms with E-state index in [1.807, 2.05) is 0 Å². The molecule has 66 valence electrons. The first-order chi connectivity index (χ1) is 5.83. The number of oxazole rings is 1. The molecule has 0 bridgehead atoms. The van der Waals surface area contributed by atoms with Crippen LogP contribution in [-0.4, -0.2) is 17.7 Å². The number of nitrogens with one attached hydrogen (secondary N) is 2. The average Bonchev–Trinajstić information content (AvgIpc) is 2.53. The lowest BCUT2D eigenvalue weighted by Gasteiger charge is -2.03. The zero-order valence-electron chi connectivity index (χ0n) is 6.53. The lowest BCUT2D eigenvalue weighted by atomic mass is 10.8. The fourth-order valence-electron chi connectivity index (χ4n) is 0.557. The highest BCUT2D eigenvalue weighted by Crippen LogP contribution is 2.00. The van der Waals surface area contributed by atoms with Crippen molar-refractivity contribution in [2.45, 2.75) is 6.92 Å². The van der Waals surface area contributed by atoms with E-state index >= 15 is 0 Å². The third-order valence-corrected chi connectivity index (χ3v) is 0.996. The molecule has 12 heavy (non-hydrogen) atoms. The van der Waals surface area contributed by atoms with Gasteiger partial charge in [-0.3, -0.25) is 5.43 Å². The third kappa shape index (κ3) is 2.49. The molecule has 1 aromatic rings. The van der Waals surface area contributed by atoms with E-state index in [0.717, 1.165) is 0 Å². The van der Waals surface area contributed by atoms with Crippen LogP contribution in [0.1, 0.15) is 6.92 Å². The molecule has 0 radical (unpaired) electrons. The molecule has 0 aliphatic heterocycles. The number of carbonyl (C=O) groups is 1. The van der Waals surface area contributed by atoms with Crippen LogP contribution < -0.4 is 10.9 Å². The second-order valence-electron chi connectivity index (χ2n) is 1.84. The summed E-state index contributed by atoms with van der Waals surface area (Å²) in [5.74, 6) is 0.350. The highest BCUT2D eigenvalue weighted by Gasteiger charge is 1.99. The zero-order valence-corrected chi connectivity index (χ0v) is 6.53. The van der Waals surface area contributed by atoms with Gasteiger partial charge < -0.3 is 9.15 Å². The monoisotopic (exact) mass is 171 g/mol. The molecule has 0 saturated carbocycles. The lowest BCUT2D eigenvalue weighted by Crippen LogP contribution is -2.29. The van der Waals surface area contributed by atoms with Crippen LogP contribution in [0, 0.1) is 0 Å². The van der Waals surface area contributed by atoms with Gasteiger partial charge in [-0.1, -0.05) is 0 Å². The Morgan fingerprint density at radius 1 is 1.83 bits per heavy atom. The normalized spacial score (nSPS) is 9.08. The first-order valence-corrected chi connectivity index (χ1v) is 3.40. The van der Waals surface area contributed by atoms with E-state index in [1.165, 1.54) is 12.6 Å². The molecule has 0 spiro atoms. The van der Waals surface area contributed by atoms with Gasteiger partial charge in [0.15, 0.2) is 6.39 Å². The summed E-state index contributed by atoms with van der Waals surface area (Å²) in [7, 11) is 0. The molecule has 1 heterocycles. The maximum Gasteiger partial charge on any atom is 0.426 e. The predicted molar refractivity (Wildman–Crippen MR) is 40.3 cm³/mol. The fraction of sp³-hybridized carbons (Fsp3) is 0.333. The summed E-state index contributed by atoms with van der Waals surface area (Å²) in [5.41, 5.74) is 4.70. The maximum absolute atomic E-state index is 10.7. The number of anilines is 1. The van der Waals surface area contributed by atoms with E-state index in [0.29, 0.717) is 12.5 Å².